The van der Waals surface area contributed by atoms with Crippen molar-refractivity contribution in [2.45, 2.75) is 51.8 Å². The number of fused-ring (bicyclic) bond motifs is 1. The molecule has 1 aromatic carbocycles. The van der Waals surface area contributed by atoms with Crippen LogP contribution in [0.15, 0.2) is 29.3 Å². The van der Waals surface area contributed by atoms with Crippen LogP contribution in [0.1, 0.15) is 39.2 Å². The standard InChI is InChI=1S/C24H37N5O3/c1-24(2,3)32-23(31)28-12-13-29-21(16-28)15-26-22(29)25-14-18-4-6-20(7-5-18)27-10-8-19(17-30)9-11-27/h4-7,19,21,30H,8-17H2,1-3H3,(H,25,26). The average molecular weight is 444 g/mol. The Hall–Kier alpha value is -2.48. The summed E-state index contributed by atoms with van der Waals surface area (Å²) in [4.78, 5) is 23.6. The molecule has 0 bridgehead atoms. The third kappa shape index (κ3) is 5.46. The third-order valence-electron chi connectivity index (χ3n) is 6.48. The van der Waals surface area contributed by atoms with Crippen LogP contribution < -0.4 is 10.2 Å². The number of aliphatic hydroxyl groups excluding tert-OH is 1. The highest BCUT2D eigenvalue weighted by atomic mass is 16.6. The number of carbonyl (C=O) groups excluding carboxylic acids is 1. The number of hydrogen-bond acceptors (Lipinski definition) is 7. The molecule has 3 aliphatic heterocycles. The Balaban J connectivity index is 1.24. The van der Waals surface area contributed by atoms with Gasteiger partial charge in [0.05, 0.1) is 12.6 Å². The minimum atomic E-state index is -0.474. The highest BCUT2D eigenvalue weighted by Gasteiger charge is 2.36. The molecule has 1 atom stereocenters. The number of nitrogens with one attached hydrogen (secondary N) is 1. The van der Waals surface area contributed by atoms with Crippen molar-refractivity contribution in [3.05, 3.63) is 29.8 Å². The number of ether oxygens (including phenoxy) is 1. The Labute approximate surface area is 191 Å². The number of amides is 1. The molecular weight excluding hydrogens is 406 g/mol. The van der Waals surface area contributed by atoms with E-state index in [1.807, 2.05) is 20.8 Å². The van der Waals surface area contributed by atoms with Gasteiger partial charge in [-0.1, -0.05) is 12.1 Å². The van der Waals surface area contributed by atoms with E-state index in [0.29, 0.717) is 32.2 Å². The summed E-state index contributed by atoms with van der Waals surface area (Å²) >= 11 is 0. The molecule has 3 heterocycles. The second-order valence-electron chi connectivity index (χ2n) is 10.1. The maximum atomic E-state index is 12.4. The van der Waals surface area contributed by atoms with Crippen LogP contribution in [-0.4, -0.2) is 84.5 Å². The van der Waals surface area contributed by atoms with Gasteiger partial charge in [-0.3, -0.25) is 4.99 Å². The zero-order valence-corrected chi connectivity index (χ0v) is 19.6. The van der Waals surface area contributed by atoms with Crippen molar-refractivity contribution in [2.24, 2.45) is 10.9 Å². The van der Waals surface area contributed by atoms with E-state index >= 15 is 0 Å². The van der Waals surface area contributed by atoms with Crippen LogP contribution in [0.4, 0.5) is 10.5 Å². The van der Waals surface area contributed by atoms with Crippen LogP contribution in [0, 0.1) is 5.92 Å². The number of carbonyl (C=O) groups is 1. The Morgan fingerprint density at radius 2 is 1.88 bits per heavy atom. The molecule has 0 aliphatic carbocycles. The van der Waals surface area contributed by atoms with Crippen LogP contribution in [0.5, 0.6) is 0 Å². The summed E-state index contributed by atoms with van der Waals surface area (Å²) < 4.78 is 5.52. The predicted molar refractivity (Wildman–Crippen MR) is 126 cm³/mol. The van der Waals surface area contributed by atoms with Gasteiger partial charge >= 0.3 is 6.09 Å². The van der Waals surface area contributed by atoms with Gasteiger partial charge < -0.3 is 29.9 Å². The van der Waals surface area contributed by atoms with Gasteiger partial charge in [0.1, 0.15) is 5.60 Å². The number of rotatable bonds is 4. The van der Waals surface area contributed by atoms with Crippen LogP contribution >= 0.6 is 0 Å². The Morgan fingerprint density at radius 3 is 2.53 bits per heavy atom. The zero-order chi connectivity index (χ0) is 22.7. The quantitative estimate of drug-likeness (QED) is 0.743. The van der Waals surface area contributed by atoms with Crippen molar-refractivity contribution >= 4 is 17.7 Å². The first-order valence-electron chi connectivity index (χ1n) is 11.8. The minimum absolute atomic E-state index is 0.211. The Kier molecular flexibility index (Phi) is 6.79. The van der Waals surface area contributed by atoms with Crippen molar-refractivity contribution in [2.75, 3.05) is 50.8 Å². The molecule has 1 aromatic rings. The number of aliphatic hydroxyl groups is 1. The average Bonchev–Trinajstić information content (AvgIpc) is 3.19. The number of aliphatic imine (C=N–C) groups is 1. The molecule has 0 radical (unpaired) electrons. The molecule has 0 aromatic heterocycles. The van der Waals surface area contributed by atoms with Crippen LogP contribution in [0.3, 0.4) is 0 Å². The van der Waals surface area contributed by atoms with E-state index in [0.717, 1.165) is 45.0 Å². The summed E-state index contributed by atoms with van der Waals surface area (Å²) in [5, 5.41) is 12.8. The van der Waals surface area contributed by atoms with Gasteiger partial charge in [0.2, 0.25) is 0 Å². The molecule has 2 N–H and O–H groups in total. The van der Waals surface area contributed by atoms with Crippen molar-refractivity contribution in [3.63, 3.8) is 0 Å². The number of piperidine rings is 1. The van der Waals surface area contributed by atoms with E-state index in [2.05, 4.69) is 39.4 Å². The first-order valence-corrected chi connectivity index (χ1v) is 11.8. The van der Waals surface area contributed by atoms with Crippen LogP contribution in [0.25, 0.3) is 0 Å². The van der Waals surface area contributed by atoms with Crippen LogP contribution in [0.2, 0.25) is 0 Å². The largest absolute Gasteiger partial charge is 0.444 e. The van der Waals surface area contributed by atoms with Gasteiger partial charge in [-0.25, -0.2) is 4.79 Å². The maximum Gasteiger partial charge on any atom is 0.410 e. The smallest absolute Gasteiger partial charge is 0.410 e. The lowest BCUT2D eigenvalue weighted by molar-refractivity contribution is 0.0137. The number of benzene rings is 1. The summed E-state index contributed by atoms with van der Waals surface area (Å²) in [5.41, 5.74) is 2.00. The highest BCUT2D eigenvalue weighted by molar-refractivity contribution is 5.82. The second-order valence-corrected chi connectivity index (χ2v) is 10.1. The number of nitrogens with zero attached hydrogens (tertiary/aromatic N) is 4. The predicted octanol–water partition coefficient (Wildman–Crippen LogP) is 2.28. The molecular formula is C24H37N5O3. The minimum Gasteiger partial charge on any atom is -0.444 e. The lowest BCUT2D eigenvalue weighted by atomic mass is 9.97. The van der Waals surface area contributed by atoms with E-state index in [-0.39, 0.29) is 12.1 Å². The summed E-state index contributed by atoms with van der Waals surface area (Å²) in [6.45, 7) is 11.5. The van der Waals surface area contributed by atoms with Gasteiger partial charge in [0.25, 0.3) is 0 Å². The highest BCUT2D eigenvalue weighted by Crippen LogP contribution is 2.24. The first-order chi connectivity index (χ1) is 15.3. The van der Waals surface area contributed by atoms with E-state index in [1.54, 1.807) is 4.90 Å². The summed E-state index contributed by atoms with van der Waals surface area (Å²) in [6, 6.07) is 8.94. The molecule has 8 nitrogen and oxygen atoms in total. The summed E-state index contributed by atoms with van der Waals surface area (Å²) in [6.07, 6.45) is 1.88. The van der Waals surface area contributed by atoms with E-state index in [1.165, 1.54) is 11.3 Å². The molecule has 2 fully saturated rings. The molecule has 0 spiro atoms. The lowest BCUT2D eigenvalue weighted by Gasteiger charge is -2.39. The molecule has 0 saturated carbocycles. The molecule has 176 valence electrons. The fourth-order valence-electron chi connectivity index (χ4n) is 4.60. The van der Waals surface area contributed by atoms with Gasteiger partial charge in [-0.05, 0) is 57.2 Å². The normalized spacial score (nSPS) is 21.9. The van der Waals surface area contributed by atoms with Gasteiger partial charge in [-0.15, -0.1) is 0 Å². The van der Waals surface area contributed by atoms with Crippen LogP contribution in [-0.2, 0) is 11.3 Å². The zero-order valence-electron chi connectivity index (χ0n) is 19.6. The van der Waals surface area contributed by atoms with Gasteiger partial charge in [-0.2, -0.15) is 0 Å². The molecule has 1 unspecified atom stereocenters. The Bertz CT molecular complexity index is 812. The molecule has 3 aliphatic rings. The van der Waals surface area contributed by atoms with Gasteiger partial charge in [0, 0.05) is 51.6 Å². The first kappa shape index (κ1) is 22.7. The summed E-state index contributed by atoms with van der Waals surface area (Å²) in [7, 11) is 0. The van der Waals surface area contributed by atoms with E-state index in [9.17, 15) is 9.90 Å². The van der Waals surface area contributed by atoms with Crippen molar-refractivity contribution in [1.82, 2.24) is 15.1 Å². The number of piperazine rings is 1. The lowest BCUT2D eigenvalue weighted by Crippen LogP contribution is -2.57. The van der Waals surface area contributed by atoms with Crippen molar-refractivity contribution in [1.29, 1.82) is 0 Å². The van der Waals surface area contributed by atoms with Crippen molar-refractivity contribution in [3.8, 4) is 0 Å². The maximum absolute atomic E-state index is 12.4. The topological polar surface area (TPSA) is 80.6 Å². The number of hydrogen-bond donors (Lipinski definition) is 2. The molecule has 8 heteroatoms. The monoisotopic (exact) mass is 443 g/mol. The summed E-state index contributed by atoms with van der Waals surface area (Å²) in [5.74, 6) is 1.38. The molecule has 4 rings (SSSR count). The van der Waals surface area contributed by atoms with Gasteiger partial charge in [0.15, 0.2) is 5.96 Å². The Morgan fingerprint density at radius 1 is 1.16 bits per heavy atom. The molecule has 2 saturated heterocycles. The fraction of sp³-hybridized carbons (Fsp3) is 0.667. The SMILES string of the molecule is CC(C)(C)OC(=O)N1CCN2C(NCc3ccc(N4CCC(CO)CC4)cc3)=NCC2C1. The number of guanidine groups is 1. The molecule has 32 heavy (non-hydrogen) atoms. The van der Waals surface area contributed by atoms with Crippen molar-refractivity contribution < 1.29 is 14.6 Å². The fourth-order valence-corrected chi connectivity index (χ4v) is 4.60. The second kappa shape index (κ2) is 9.57. The van der Waals surface area contributed by atoms with E-state index in [4.69, 9.17) is 9.73 Å². The third-order valence-corrected chi connectivity index (χ3v) is 6.48. The van der Waals surface area contributed by atoms with E-state index < -0.39 is 5.60 Å². The number of anilines is 1. The molecule has 1 amide bonds.